The lowest BCUT2D eigenvalue weighted by atomic mass is 10.2. The molecule has 28 heavy (non-hydrogen) atoms. The first-order valence-electron chi connectivity index (χ1n) is 8.88. The zero-order valence-corrected chi connectivity index (χ0v) is 15.6. The van der Waals surface area contributed by atoms with Crippen molar-refractivity contribution in [3.8, 4) is 5.75 Å². The fraction of sp³-hybridized carbons (Fsp3) is 0.190. The number of hydrogen-bond donors (Lipinski definition) is 2. The van der Waals surface area contributed by atoms with Gasteiger partial charge in [0.2, 0.25) is 0 Å². The maximum Gasteiger partial charge on any atom is 0.275 e. The summed E-state index contributed by atoms with van der Waals surface area (Å²) in [6, 6.07) is 13.6. The summed E-state index contributed by atoms with van der Waals surface area (Å²) in [7, 11) is 0. The largest absolute Gasteiger partial charge is 0.491 e. The van der Waals surface area contributed by atoms with E-state index < -0.39 is 0 Å². The lowest BCUT2D eigenvalue weighted by Gasteiger charge is -2.10. The number of nitrogens with zero attached hydrogens (tertiary/aromatic N) is 2. The Labute approximate surface area is 162 Å². The Morgan fingerprint density at radius 3 is 2.46 bits per heavy atom. The Morgan fingerprint density at radius 2 is 1.82 bits per heavy atom. The van der Waals surface area contributed by atoms with Gasteiger partial charge in [0.05, 0.1) is 18.5 Å². The van der Waals surface area contributed by atoms with E-state index in [1.54, 1.807) is 42.5 Å². The lowest BCUT2D eigenvalue weighted by molar-refractivity contribution is 0.102. The van der Waals surface area contributed by atoms with Crippen molar-refractivity contribution < 1.29 is 13.9 Å². The van der Waals surface area contributed by atoms with Gasteiger partial charge < -0.3 is 15.4 Å². The third-order valence-electron chi connectivity index (χ3n) is 3.79. The average molecular weight is 380 g/mol. The fourth-order valence-electron chi connectivity index (χ4n) is 2.45. The maximum atomic E-state index is 13.6. The van der Waals surface area contributed by atoms with E-state index >= 15 is 0 Å². The molecule has 144 valence electrons. The molecule has 2 N–H and O–H groups in total. The molecule has 0 unspecified atom stereocenters. The molecule has 1 aromatic heterocycles. The van der Waals surface area contributed by atoms with Crippen LogP contribution in [0.1, 0.15) is 29.9 Å². The van der Waals surface area contributed by atoms with Gasteiger partial charge in [-0.1, -0.05) is 18.2 Å². The van der Waals surface area contributed by atoms with E-state index in [4.69, 9.17) is 4.74 Å². The first-order chi connectivity index (χ1) is 13.5. The summed E-state index contributed by atoms with van der Waals surface area (Å²) in [6.07, 6.45) is 2.89. The van der Waals surface area contributed by atoms with Gasteiger partial charge in [0.15, 0.2) is 0 Å². The van der Waals surface area contributed by atoms with Crippen LogP contribution in [-0.2, 0) is 6.54 Å². The molecule has 0 aliphatic rings. The monoisotopic (exact) mass is 380 g/mol. The van der Waals surface area contributed by atoms with Crippen molar-refractivity contribution in [2.45, 2.75) is 26.5 Å². The SMILES string of the molecule is CC(C)Oc1ccc(NC(=O)c2cnc(NCc3ccccc3F)cn2)cc1. The van der Waals surface area contributed by atoms with E-state index in [2.05, 4.69) is 20.6 Å². The highest BCUT2D eigenvalue weighted by Gasteiger charge is 2.09. The summed E-state index contributed by atoms with van der Waals surface area (Å²) in [6.45, 7) is 4.17. The van der Waals surface area contributed by atoms with Crippen LogP contribution < -0.4 is 15.4 Å². The molecule has 0 fully saturated rings. The third kappa shape index (κ3) is 5.26. The molecule has 1 heterocycles. The second-order valence-corrected chi connectivity index (χ2v) is 6.38. The van der Waals surface area contributed by atoms with Gasteiger partial charge in [-0.3, -0.25) is 4.79 Å². The Balaban J connectivity index is 1.56. The van der Waals surface area contributed by atoms with Crippen LogP contribution in [0.5, 0.6) is 5.75 Å². The van der Waals surface area contributed by atoms with Gasteiger partial charge in [0.1, 0.15) is 23.1 Å². The molecule has 6 nitrogen and oxygen atoms in total. The second kappa shape index (κ2) is 8.94. The highest BCUT2D eigenvalue weighted by atomic mass is 19.1. The quantitative estimate of drug-likeness (QED) is 0.640. The molecule has 7 heteroatoms. The summed E-state index contributed by atoms with van der Waals surface area (Å²) in [5, 5.41) is 5.74. The summed E-state index contributed by atoms with van der Waals surface area (Å²) < 4.78 is 19.2. The van der Waals surface area contributed by atoms with Gasteiger partial charge in [-0.25, -0.2) is 14.4 Å². The third-order valence-corrected chi connectivity index (χ3v) is 3.79. The highest BCUT2D eigenvalue weighted by Crippen LogP contribution is 2.17. The van der Waals surface area contributed by atoms with E-state index in [-0.39, 0.29) is 30.1 Å². The van der Waals surface area contributed by atoms with Gasteiger partial charge in [-0.15, -0.1) is 0 Å². The molecule has 3 aromatic rings. The Hall–Kier alpha value is -3.48. The molecular weight excluding hydrogens is 359 g/mol. The van der Waals surface area contributed by atoms with Gasteiger partial charge in [-0.2, -0.15) is 0 Å². The van der Waals surface area contributed by atoms with Gasteiger partial charge >= 0.3 is 0 Å². The first-order valence-corrected chi connectivity index (χ1v) is 8.88. The van der Waals surface area contributed by atoms with E-state index in [0.29, 0.717) is 17.1 Å². The second-order valence-electron chi connectivity index (χ2n) is 6.38. The standard InChI is InChI=1S/C21H21FN4O2/c1-14(2)28-17-9-7-16(8-10-17)26-21(27)19-12-25-20(13-23-19)24-11-15-5-3-4-6-18(15)22/h3-10,12-14H,11H2,1-2H3,(H,24,25)(H,26,27). The molecule has 0 saturated heterocycles. The van der Waals surface area contributed by atoms with Crippen molar-refractivity contribution in [1.82, 2.24) is 9.97 Å². The van der Waals surface area contributed by atoms with E-state index in [9.17, 15) is 9.18 Å². The van der Waals surface area contributed by atoms with E-state index in [1.165, 1.54) is 18.5 Å². The fourth-order valence-corrected chi connectivity index (χ4v) is 2.45. The molecule has 0 aliphatic heterocycles. The van der Waals surface area contributed by atoms with Crippen LogP contribution in [0.25, 0.3) is 0 Å². The lowest BCUT2D eigenvalue weighted by Crippen LogP contribution is -2.14. The van der Waals surface area contributed by atoms with Crippen molar-refractivity contribution >= 4 is 17.4 Å². The number of nitrogens with one attached hydrogen (secondary N) is 2. The van der Waals surface area contributed by atoms with Crippen LogP contribution in [0.15, 0.2) is 60.9 Å². The number of rotatable bonds is 7. The minimum atomic E-state index is -0.370. The number of benzene rings is 2. The summed E-state index contributed by atoms with van der Waals surface area (Å²) in [4.78, 5) is 20.6. The number of anilines is 2. The molecule has 2 aromatic carbocycles. The maximum absolute atomic E-state index is 13.6. The van der Waals surface area contributed by atoms with Crippen molar-refractivity contribution in [3.63, 3.8) is 0 Å². The van der Waals surface area contributed by atoms with Gasteiger partial charge in [0.25, 0.3) is 5.91 Å². The highest BCUT2D eigenvalue weighted by molar-refractivity contribution is 6.02. The zero-order valence-electron chi connectivity index (χ0n) is 15.6. The Bertz CT molecular complexity index is 928. The number of aromatic nitrogens is 2. The minimum Gasteiger partial charge on any atom is -0.491 e. The topological polar surface area (TPSA) is 76.1 Å². The predicted molar refractivity (Wildman–Crippen MR) is 106 cm³/mol. The number of carbonyl (C=O) groups excluding carboxylic acids is 1. The molecule has 0 radical (unpaired) electrons. The summed E-state index contributed by atoms with van der Waals surface area (Å²) in [5.41, 5.74) is 1.33. The normalized spacial score (nSPS) is 10.6. The van der Waals surface area contributed by atoms with Crippen LogP contribution in [-0.4, -0.2) is 22.0 Å². The van der Waals surface area contributed by atoms with Crippen molar-refractivity contribution in [3.05, 3.63) is 78.0 Å². The minimum absolute atomic E-state index is 0.0845. The molecule has 0 atom stereocenters. The van der Waals surface area contributed by atoms with Crippen LogP contribution in [0, 0.1) is 5.82 Å². The molecule has 0 saturated carbocycles. The number of carbonyl (C=O) groups is 1. The first kappa shape index (κ1) is 19.3. The predicted octanol–water partition coefficient (Wildman–Crippen LogP) is 4.27. The number of hydrogen-bond acceptors (Lipinski definition) is 5. The molecule has 1 amide bonds. The molecule has 0 aliphatic carbocycles. The average Bonchev–Trinajstić information content (AvgIpc) is 2.69. The molecule has 0 bridgehead atoms. The Kier molecular flexibility index (Phi) is 6.16. The number of halogens is 1. The van der Waals surface area contributed by atoms with E-state index in [0.717, 1.165) is 5.75 Å². The van der Waals surface area contributed by atoms with Crippen molar-refractivity contribution in [1.29, 1.82) is 0 Å². The zero-order chi connectivity index (χ0) is 19.9. The molecule has 3 rings (SSSR count). The molecule has 0 spiro atoms. The van der Waals surface area contributed by atoms with E-state index in [1.807, 2.05) is 13.8 Å². The van der Waals surface area contributed by atoms with Crippen LogP contribution >= 0.6 is 0 Å². The summed E-state index contributed by atoms with van der Waals surface area (Å²) in [5.74, 6) is 0.530. The van der Waals surface area contributed by atoms with Gasteiger partial charge in [0, 0.05) is 17.8 Å². The number of amides is 1. The van der Waals surface area contributed by atoms with Gasteiger partial charge in [-0.05, 0) is 44.2 Å². The van der Waals surface area contributed by atoms with Crippen molar-refractivity contribution in [2.24, 2.45) is 0 Å². The van der Waals surface area contributed by atoms with Crippen LogP contribution in [0.2, 0.25) is 0 Å². The van der Waals surface area contributed by atoms with Crippen LogP contribution in [0.4, 0.5) is 15.9 Å². The van der Waals surface area contributed by atoms with Crippen molar-refractivity contribution in [2.75, 3.05) is 10.6 Å². The van der Waals surface area contributed by atoms with Crippen LogP contribution in [0.3, 0.4) is 0 Å². The smallest absolute Gasteiger partial charge is 0.275 e. The molecular formula is C21H21FN4O2. The number of ether oxygens (including phenoxy) is 1. The Morgan fingerprint density at radius 1 is 1.07 bits per heavy atom. The summed E-state index contributed by atoms with van der Waals surface area (Å²) >= 11 is 0.